The first-order valence-electron chi connectivity index (χ1n) is 11.9. The van der Waals surface area contributed by atoms with Crippen LogP contribution in [0.3, 0.4) is 0 Å². The summed E-state index contributed by atoms with van der Waals surface area (Å²) in [6.07, 6.45) is 5.01. The molecule has 0 bridgehead atoms. The van der Waals surface area contributed by atoms with Crippen molar-refractivity contribution < 1.29 is 14.3 Å². The average Bonchev–Trinajstić information content (AvgIpc) is 3.44. The van der Waals surface area contributed by atoms with E-state index >= 15 is 0 Å². The number of rotatable bonds is 3. The zero-order valence-electron chi connectivity index (χ0n) is 18.3. The minimum atomic E-state index is -0.0265. The third-order valence-electron chi connectivity index (χ3n) is 9.14. The van der Waals surface area contributed by atoms with Gasteiger partial charge in [-0.05, 0) is 37.3 Å². The molecular formula is C25H34N2O3. The molecule has 1 spiro atoms. The molecule has 162 valence electrons. The molecule has 5 nitrogen and oxygen atoms in total. The van der Waals surface area contributed by atoms with Gasteiger partial charge in [0.25, 0.3) is 0 Å². The zero-order valence-corrected chi connectivity index (χ0v) is 18.3. The molecule has 0 N–H and O–H groups in total. The van der Waals surface area contributed by atoms with Crippen molar-refractivity contribution in [1.29, 1.82) is 0 Å². The lowest BCUT2D eigenvalue weighted by Crippen LogP contribution is -2.55. The van der Waals surface area contributed by atoms with Crippen molar-refractivity contribution in [1.82, 2.24) is 4.90 Å². The summed E-state index contributed by atoms with van der Waals surface area (Å²) < 4.78 is 12.6. The Hall–Kier alpha value is -1.59. The highest BCUT2D eigenvalue weighted by atomic mass is 16.6. The number of nitrogens with zero attached hydrogens (tertiary/aromatic N) is 2. The van der Waals surface area contributed by atoms with Gasteiger partial charge in [0.15, 0.2) is 0 Å². The van der Waals surface area contributed by atoms with E-state index in [1.54, 1.807) is 0 Å². The number of esters is 1. The second-order valence-electron chi connectivity index (χ2n) is 10.7. The van der Waals surface area contributed by atoms with Gasteiger partial charge in [-0.15, -0.1) is 0 Å². The van der Waals surface area contributed by atoms with Crippen LogP contribution in [0.25, 0.3) is 0 Å². The standard InChI is InChI=1S/C25H34N2O3/c1-17-7-6-10-24(2)15-20-21(22-25(17,24)30-22)19(23(28)29-20)16-26-11-13-27(14-12-26)18-8-4-3-5-9-18/h3-5,8-9,17,19-22H,6-7,10-16H2,1-2H3/t17-,19-,20+,21+,22-,24+,25-/m0/s1. The Balaban J connectivity index is 1.15. The van der Waals surface area contributed by atoms with Crippen LogP contribution < -0.4 is 4.90 Å². The van der Waals surface area contributed by atoms with E-state index in [2.05, 4.69) is 54.0 Å². The van der Waals surface area contributed by atoms with E-state index < -0.39 is 0 Å². The number of carbonyl (C=O) groups excluding carboxylic acids is 1. The second kappa shape index (κ2) is 6.70. The fourth-order valence-electron chi connectivity index (χ4n) is 7.55. The van der Waals surface area contributed by atoms with Crippen molar-refractivity contribution in [2.24, 2.45) is 23.2 Å². The molecule has 2 aliphatic carbocycles. The van der Waals surface area contributed by atoms with E-state index in [4.69, 9.17) is 9.47 Å². The maximum atomic E-state index is 12.9. The quantitative estimate of drug-likeness (QED) is 0.565. The first-order valence-corrected chi connectivity index (χ1v) is 11.9. The first-order chi connectivity index (χ1) is 14.5. The second-order valence-corrected chi connectivity index (χ2v) is 10.7. The molecule has 0 radical (unpaired) electrons. The maximum absolute atomic E-state index is 12.9. The number of para-hydroxylation sites is 1. The lowest BCUT2D eigenvalue weighted by Gasteiger charge is -2.49. The molecule has 3 saturated heterocycles. The van der Waals surface area contributed by atoms with Crippen LogP contribution in [0, 0.1) is 23.2 Å². The Morgan fingerprint density at radius 3 is 2.67 bits per heavy atom. The zero-order chi connectivity index (χ0) is 20.5. The van der Waals surface area contributed by atoms with Gasteiger partial charge < -0.3 is 14.4 Å². The Morgan fingerprint density at radius 1 is 1.13 bits per heavy atom. The van der Waals surface area contributed by atoms with E-state index in [-0.39, 0.29) is 41.0 Å². The average molecular weight is 411 g/mol. The Labute approximate surface area is 179 Å². The molecule has 3 heterocycles. The van der Waals surface area contributed by atoms with Gasteiger partial charge in [0, 0.05) is 49.7 Å². The Morgan fingerprint density at radius 2 is 1.90 bits per heavy atom. The van der Waals surface area contributed by atoms with E-state index in [9.17, 15) is 4.79 Å². The molecular weight excluding hydrogens is 376 g/mol. The van der Waals surface area contributed by atoms with Gasteiger partial charge >= 0.3 is 5.97 Å². The lowest BCUT2D eigenvalue weighted by molar-refractivity contribution is -0.146. The molecule has 0 unspecified atom stereocenters. The fourth-order valence-corrected chi connectivity index (χ4v) is 7.55. The summed E-state index contributed by atoms with van der Waals surface area (Å²) in [7, 11) is 0. The molecule has 5 heteroatoms. The van der Waals surface area contributed by atoms with Crippen molar-refractivity contribution in [2.75, 3.05) is 37.6 Å². The Kier molecular flexibility index (Phi) is 4.27. The molecule has 7 atom stereocenters. The van der Waals surface area contributed by atoms with Crippen molar-refractivity contribution in [3.63, 3.8) is 0 Å². The summed E-state index contributed by atoms with van der Waals surface area (Å²) in [4.78, 5) is 17.9. The number of epoxide rings is 1. The molecule has 1 aromatic carbocycles. The van der Waals surface area contributed by atoms with E-state index in [0.29, 0.717) is 5.92 Å². The number of carbonyl (C=O) groups is 1. The summed E-state index contributed by atoms with van der Waals surface area (Å²) >= 11 is 0. The molecule has 3 aliphatic heterocycles. The number of hydrogen-bond acceptors (Lipinski definition) is 5. The molecule has 5 fully saturated rings. The van der Waals surface area contributed by atoms with Gasteiger partial charge in [-0.25, -0.2) is 0 Å². The molecule has 5 aliphatic rings. The third-order valence-corrected chi connectivity index (χ3v) is 9.14. The van der Waals surface area contributed by atoms with E-state index in [1.165, 1.54) is 24.9 Å². The van der Waals surface area contributed by atoms with Crippen molar-refractivity contribution in [3.05, 3.63) is 30.3 Å². The first kappa shape index (κ1) is 19.1. The molecule has 0 amide bonds. The molecule has 30 heavy (non-hydrogen) atoms. The van der Waals surface area contributed by atoms with Gasteiger partial charge in [0.05, 0.1) is 12.0 Å². The number of fused-ring (bicyclic) bond motifs is 2. The van der Waals surface area contributed by atoms with Gasteiger partial charge in [-0.3, -0.25) is 9.69 Å². The van der Waals surface area contributed by atoms with Crippen molar-refractivity contribution >= 4 is 11.7 Å². The molecule has 1 aromatic rings. The summed E-state index contributed by atoms with van der Waals surface area (Å²) in [6, 6.07) is 10.6. The highest BCUT2D eigenvalue weighted by molar-refractivity contribution is 5.76. The largest absolute Gasteiger partial charge is 0.462 e. The topological polar surface area (TPSA) is 45.3 Å². The van der Waals surface area contributed by atoms with Crippen LogP contribution in [0.1, 0.15) is 39.5 Å². The van der Waals surface area contributed by atoms with Crippen LogP contribution in [0.4, 0.5) is 5.69 Å². The van der Waals surface area contributed by atoms with Gasteiger partial charge in [-0.2, -0.15) is 0 Å². The third kappa shape index (κ3) is 2.64. The number of anilines is 1. The van der Waals surface area contributed by atoms with Gasteiger partial charge in [-0.1, -0.05) is 38.5 Å². The highest BCUT2D eigenvalue weighted by Crippen LogP contribution is 2.70. The smallest absolute Gasteiger partial charge is 0.311 e. The summed E-state index contributed by atoms with van der Waals surface area (Å²) in [5.74, 6) is 0.837. The molecule has 6 rings (SSSR count). The van der Waals surface area contributed by atoms with Crippen LogP contribution in [0.2, 0.25) is 0 Å². The number of piperazine rings is 1. The molecule has 0 aromatic heterocycles. The predicted molar refractivity (Wildman–Crippen MR) is 115 cm³/mol. The Bertz CT molecular complexity index is 823. The summed E-state index contributed by atoms with van der Waals surface area (Å²) in [5, 5.41) is 0. The molecule has 2 saturated carbocycles. The van der Waals surface area contributed by atoms with Crippen molar-refractivity contribution in [2.45, 2.75) is 57.3 Å². The van der Waals surface area contributed by atoms with Crippen molar-refractivity contribution in [3.8, 4) is 0 Å². The van der Waals surface area contributed by atoms with E-state index in [1.807, 2.05) is 0 Å². The van der Waals surface area contributed by atoms with E-state index in [0.717, 1.165) is 39.1 Å². The van der Waals surface area contributed by atoms with Gasteiger partial charge in [0.2, 0.25) is 0 Å². The minimum Gasteiger partial charge on any atom is -0.462 e. The summed E-state index contributed by atoms with van der Waals surface area (Å²) in [5.41, 5.74) is 1.47. The SMILES string of the molecule is C[C@H]1CCC[C@]2(C)C[C@H]3OC(=O)[C@@H](CN4CCN(c5ccccc5)CC4)[C@H]3[C@@H]3O[C@@]132. The highest BCUT2D eigenvalue weighted by Gasteiger charge is 2.78. The number of benzene rings is 1. The number of ether oxygens (including phenoxy) is 2. The van der Waals surface area contributed by atoms with Gasteiger partial charge in [0.1, 0.15) is 11.7 Å². The predicted octanol–water partition coefficient (Wildman–Crippen LogP) is 3.33. The van der Waals surface area contributed by atoms with Crippen LogP contribution in [0.15, 0.2) is 30.3 Å². The van der Waals surface area contributed by atoms with Crippen LogP contribution in [-0.2, 0) is 14.3 Å². The summed E-state index contributed by atoms with van der Waals surface area (Å²) in [6.45, 7) is 9.61. The minimum absolute atomic E-state index is 0.00462. The maximum Gasteiger partial charge on any atom is 0.311 e. The fraction of sp³-hybridized carbons (Fsp3) is 0.720. The monoisotopic (exact) mass is 410 g/mol. The van der Waals surface area contributed by atoms with Crippen LogP contribution in [0.5, 0.6) is 0 Å². The number of hydrogen-bond donors (Lipinski definition) is 0. The van der Waals surface area contributed by atoms with Crippen LogP contribution >= 0.6 is 0 Å². The van der Waals surface area contributed by atoms with Crippen LogP contribution in [-0.4, -0.2) is 61.4 Å². The normalized spacial score (nSPS) is 45.3. The lowest BCUT2D eigenvalue weighted by atomic mass is 9.53.